The van der Waals surface area contributed by atoms with E-state index in [4.69, 9.17) is 5.73 Å². The van der Waals surface area contributed by atoms with Crippen molar-refractivity contribution in [1.29, 1.82) is 0 Å². The van der Waals surface area contributed by atoms with E-state index in [9.17, 15) is 13.2 Å². The van der Waals surface area contributed by atoms with E-state index in [-0.39, 0.29) is 35.1 Å². The molecular formula is C10H11ClF3NS. The highest BCUT2D eigenvalue weighted by Gasteiger charge is 2.28. The molecule has 2 N–H and O–H groups in total. The summed E-state index contributed by atoms with van der Waals surface area (Å²) in [6.07, 6.45) is 1.53. The lowest BCUT2D eigenvalue weighted by atomic mass is 10.1. The Hall–Kier alpha value is -0.650. The van der Waals surface area contributed by atoms with Crippen molar-refractivity contribution in [2.24, 2.45) is 5.73 Å². The van der Waals surface area contributed by atoms with Crippen LogP contribution in [0.5, 0.6) is 0 Å². The fourth-order valence-electron chi connectivity index (χ4n) is 1.03. The van der Waals surface area contributed by atoms with Crippen molar-refractivity contribution in [3.63, 3.8) is 0 Å². The van der Waals surface area contributed by atoms with Crippen LogP contribution in [-0.2, 0) is 0 Å². The van der Waals surface area contributed by atoms with Crippen LogP contribution in [0.3, 0.4) is 0 Å². The van der Waals surface area contributed by atoms with Gasteiger partial charge in [0.2, 0.25) is 0 Å². The predicted molar refractivity (Wildman–Crippen MR) is 62.7 cm³/mol. The topological polar surface area (TPSA) is 26.0 Å². The fourth-order valence-corrected chi connectivity index (χ4v) is 1.57. The van der Waals surface area contributed by atoms with Gasteiger partial charge in [-0.3, -0.25) is 0 Å². The van der Waals surface area contributed by atoms with Gasteiger partial charge in [-0.05, 0) is 29.5 Å². The lowest BCUT2D eigenvalue weighted by molar-refractivity contribution is -0.0328. The Morgan fingerprint density at radius 3 is 2.12 bits per heavy atom. The molecule has 1 aromatic carbocycles. The molecule has 0 heterocycles. The van der Waals surface area contributed by atoms with Crippen LogP contribution in [0.2, 0.25) is 0 Å². The largest absolute Gasteiger partial charge is 0.446 e. The molecule has 0 aliphatic heterocycles. The summed E-state index contributed by atoms with van der Waals surface area (Å²) in [4.78, 5) is 0.155. The molecule has 0 radical (unpaired) electrons. The van der Waals surface area contributed by atoms with Crippen LogP contribution in [0.25, 0.3) is 0 Å². The van der Waals surface area contributed by atoms with Gasteiger partial charge in [-0.1, -0.05) is 18.2 Å². The first-order valence-corrected chi connectivity index (χ1v) is 4.98. The molecule has 0 aromatic heterocycles. The molecular weight excluding hydrogens is 259 g/mol. The highest BCUT2D eigenvalue weighted by Crippen LogP contribution is 2.36. The summed E-state index contributed by atoms with van der Waals surface area (Å²) in [5.74, 6) is 0. The SMILES string of the molecule is C=C[C@@H](N)c1ccc(SC(F)(F)F)cc1.Cl. The van der Waals surface area contributed by atoms with Gasteiger partial charge in [-0.2, -0.15) is 13.2 Å². The molecule has 90 valence electrons. The highest BCUT2D eigenvalue weighted by atomic mass is 35.5. The van der Waals surface area contributed by atoms with Crippen LogP contribution in [0.15, 0.2) is 41.8 Å². The second-order valence-corrected chi connectivity index (χ2v) is 4.02. The smallest absolute Gasteiger partial charge is 0.321 e. The van der Waals surface area contributed by atoms with Gasteiger partial charge in [-0.15, -0.1) is 19.0 Å². The number of nitrogens with two attached hydrogens (primary N) is 1. The normalized spacial score (nSPS) is 12.8. The zero-order valence-electron chi connectivity index (χ0n) is 8.20. The van der Waals surface area contributed by atoms with Gasteiger partial charge in [0.05, 0.1) is 0 Å². The molecule has 0 aliphatic rings. The Bertz CT molecular complexity index is 337. The third kappa shape index (κ3) is 4.92. The van der Waals surface area contributed by atoms with Gasteiger partial charge in [0, 0.05) is 10.9 Å². The monoisotopic (exact) mass is 269 g/mol. The van der Waals surface area contributed by atoms with Crippen LogP contribution in [-0.4, -0.2) is 5.51 Å². The molecule has 0 unspecified atom stereocenters. The lowest BCUT2D eigenvalue weighted by Crippen LogP contribution is -2.06. The standard InChI is InChI=1S/C10H10F3NS.ClH/c1-2-9(14)7-3-5-8(6-4-7)15-10(11,12)13;/h2-6,9H,1,14H2;1H/t9-;/m1./s1. The van der Waals surface area contributed by atoms with E-state index >= 15 is 0 Å². The van der Waals surface area contributed by atoms with E-state index in [1.807, 2.05) is 0 Å². The molecule has 0 aliphatic carbocycles. The molecule has 1 atom stereocenters. The summed E-state index contributed by atoms with van der Waals surface area (Å²) in [5.41, 5.74) is 2.12. The molecule has 0 spiro atoms. The minimum absolute atomic E-state index is 0. The third-order valence-corrected chi connectivity index (χ3v) is 2.49. The van der Waals surface area contributed by atoms with Crippen molar-refractivity contribution >= 4 is 24.2 Å². The molecule has 16 heavy (non-hydrogen) atoms. The van der Waals surface area contributed by atoms with E-state index in [1.54, 1.807) is 12.1 Å². The molecule has 1 aromatic rings. The summed E-state index contributed by atoms with van der Waals surface area (Å²) >= 11 is -0.138. The molecule has 0 bridgehead atoms. The second-order valence-electron chi connectivity index (χ2n) is 2.88. The zero-order chi connectivity index (χ0) is 11.5. The van der Waals surface area contributed by atoms with Crippen molar-refractivity contribution in [2.45, 2.75) is 16.4 Å². The maximum absolute atomic E-state index is 12.0. The van der Waals surface area contributed by atoms with E-state index in [2.05, 4.69) is 6.58 Å². The van der Waals surface area contributed by atoms with Gasteiger partial charge < -0.3 is 5.73 Å². The lowest BCUT2D eigenvalue weighted by Gasteiger charge is -2.08. The average Bonchev–Trinajstić information content (AvgIpc) is 2.15. The van der Waals surface area contributed by atoms with E-state index in [0.717, 1.165) is 5.56 Å². The number of thioether (sulfide) groups is 1. The van der Waals surface area contributed by atoms with Crippen molar-refractivity contribution in [2.75, 3.05) is 0 Å². The number of rotatable bonds is 3. The first kappa shape index (κ1) is 15.3. The number of benzene rings is 1. The van der Waals surface area contributed by atoms with Crippen LogP contribution in [0, 0.1) is 0 Å². The third-order valence-electron chi connectivity index (χ3n) is 1.75. The van der Waals surface area contributed by atoms with Crippen LogP contribution >= 0.6 is 24.2 Å². The molecule has 1 nitrogen and oxygen atoms in total. The predicted octanol–water partition coefficient (Wildman–Crippen LogP) is 3.91. The number of alkyl halides is 3. The van der Waals surface area contributed by atoms with Gasteiger partial charge in [0.1, 0.15) is 0 Å². The Morgan fingerprint density at radius 1 is 1.25 bits per heavy atom. The second kappa shape index (κ2) is 6.18. The van der Waals surface area contributed by atoms with E-state index in [1.165, 1.54) is 18.2 Å². The molecule has 6 heteroatoms. The summed E-state index contributed by atoms with van der Waals surface area (Å²) in [6.45, 7) is 3.51. The first-order valence-electron chi connectivity index (χ1n) is 4.16. The fraction of sp³-hybridized carbons (Fsp3) is 0.200. The van der Waals surface area contributed by atoms with Gasteiger partial charge in [-0.25, -0.2) is 0 Å². The summed E-state index contributed by atoms with van der Waals surface area (Å²) in [7, 11) is 0. The highest BCUT2D eigenvalue weighted by molar-refractivity contribution is 8.00. The van der Waals surface area contributed by atoms with Crippen LogP contribution < -0.4 is 5.73 Å². The summed E-state index contributed by atoms with van der Waals surface area (Å²) in [5, 5.41) is 0. The number of hydrogen-bond acceptors (Lipinski definition) is 2. The van der Waals surface area contributed by atoms with Crippen LogP contribution in [0.1, 0.15) is 11.6 Å². The van der Waals surface area contributed by atoms with Gasteiger partial charge >= 0.3 is 5.51 Å². The van der Waals surface area contributed by atoms with Crippen LogP contribution in [0.4, 0.5) is 13.2 Å². The van der Waals surface area contributed by atoms with Crippen molar-refractivity contribution in [1.82, 2.24) is 0 Å². The van der Waals surface area contributed by atoms with E-state index in [0.29, 0.717) is 0 Å². The minimum Gasteiger partial charge on any atom is -0.321 e. The quantitative estimate of drug-likeness (QED) is 0.665. The molecule has 0 fully saturated rings. The Morgan fingerprint density at radius 2 is 1.75 bits per heavy atom. The Labute approximate surface area is 102 Å². The summed E-state index contributed by atoms with van der Waals surface area (Å²) < 4.78 is 36.0. The van der Waals surface area contributed by atoms with E-state index < -0.39 is 5.51 Å². The van der Waals surface area contributed by atoms with Crippen molar-refractivity contribution in [3.8, 4) is 0 Å². The van der Waals surface area contributed by atoms with Gasteiger partial charge in [0.15, 0.2) is 0 Å². The van der Waals surface area contributed by atoms with Crippen molar-refractivity contribution in [3.05, 3.63) is 42.5 Å². The van der Waals surface area contributed by atoms with Crippen molar-refractivity contribution < 1.29 is 13.2 Å². The minimum atomic E-state index is -4.25. The Balaban J connectivity index is 0.00000225. The molecule has 0 saturated heterocycles. The molecule has 0 amide bonds. The maximum Gasteiger partial charge on any atom is 0.446 e. The average molecular weight is 270 g/mol. The number of halogens is 4. The Kier molecular flexibility index (Phi) is 5.92. The first-order chi connectivity index (χ1) is 6.92. The zero-order valence-corrected chi connectivity index (χ0v) is 9.83. The summed E-state index contributed by atoms with van der Waals surface area (Å²) in [6, 6.07) is 5.60. The number of hydrogen-bond donors (Lipinski definition) is 1. The molecule has 0 saturated carbocycles. The van der Waals surface area contributed by atoms with Gasteiger partial charge in [0.25, 0.3) is 0 Å². The molecule has 1 rings (SSSR count). The maximum atomic E-state index is 12.0.